The highest BCUT2D eigenvalue weighted by molar-refractivity contribution is 5.72. The first kappa shape index (κ1) is 14.8. The molecule has 0 unspecified atom stereocenters. The van der Waals surface area contributed by atoms with E-state index in [9.17, 15) is 4.79 Å². The van der Waals surface area contributed by atoms with Crippen molar-refractivity contribution in [2.45, 2.75) is 63.9 Å². The van der Waals surface area contributed by atoms with E-state index in [2.05, 4.69) is 5.32 Å². The van der Waals surface area contributed by atoms with Crippen molar-refractivity contribution in [3.63, 3.8) is 0 Å². The molecule has 0 radical (unpaired) electrons. The van der Waals surface area contributed by atoms with Crippen LogP contribution in [-0.2, 0) is 19.0 Å². The molecule has 1 saturated heterocycles. The van der Waals surface area contributed by atoms with Crippen molar-refractivity contribution < 1.29 is 19.0 Å². The van der Waals surface area contributed by atoms with Crippen LogP contribution < -0.4 is 5.32 Å². The summed E-state index contributed by atoms with van der Waals surface area (Å²) in [5.74, 6) is -0.523. The van der Waals surface area contributed by atoms with Gasteiger partial charge in [0.1, 0.15) is 5.60 Å². The third-order valence-corrected chi connectivity index (χ3v) is 3.52. The standard InChI is InChI=1S/C14H25NO4/c1-13(2,3)19-12(16)10-15-11-4-6-14(7-5-11)17-8-9-18-14/h11,15H,4-10H2,1-3H3. The molecule has 0 aromatic carbocycles. The SMILES string of the molecule is CC(C)(C)OC(=O)CNC1CCC2(CC1)OCCO2. The van der Waals surface area contributed by atoms with Gasteiger partial charge >= 0.3 is 5.97 Å². The van der Waals surface area contributed by atoms with Gasteiger partial charge in [0.25, 0.3) is 0 Å². The molecule has 1 aliphatic heterocycles. The molecule has 19 heavy (non-hydrogen) atoms. The van der Waals surface area contributed by atoms with Gasteiger partial charge in [0.15, 0.2) is 5.79 Å². The molecule has 1 N–H and O–H groups in total. The molecule has 0 amide bonds. The first-order valence-electron chi connectivity index (χ1n) is 7.12. The molecule has 1 saturated carbocycles. The minimum atomic E-state index is -0.416. The van der Waals surface area contributed by atoms with E-state index in [1.165, 1.54) is 0 Å². The summed E-state index contributed by atoms with van der Waals surface area (Å²) >= 11 is 0. The lowest BCUT2D eigenvalue weighted by molar-refractivity contribution is -0.179. The van der Waals surface area contributed by atoms with Gasteiger partial charge in [-0.3, -0.25) is 4.79 Å². The van der Waals surface area contributed by atoms with Gasteiger partial charge in [-0.05, 0) is 33.6 Å². The highest BCUT2D eigenvalue weighted by Crippen LogP contribution is 2.35. The smallest absolute Gasteiger partial charge is 0.320 e. The fraction of sp³-hybridized carbons (Fsp3) is 0.929. The van der Waals surface area contributed by atoms with Crippen LogP contribution >= 0.6 is 0 Å². The van der Waals surface area contributed by atoms with Crippen LogP contribution in [0.4, 0.5) is 0 Å². The zero-order valence-electron chi connectivity index (χ0n) is 12.2. The maximum Gasteiger partial charge on any atom is 0.320 e. The Morgan fingerprint density at radius 2 is 1.84 bits per heavy atom. The molecule has 1 spiro atoms. The summed E-state index contributed by atoms with van der Waals surface area (Å²) in [5.41, 5.74) is -0.416. The topological polar surface area (TPSA) is 56.8 Å². The van der Waals surface area contributed by atoms with Crippen LogP contribution in [0.25, 0.3) is 0 Å². The monoisotopic (exact) mass is 271 g/mol. The van der Waals surface area contributed by atoms with Gasteiger partial charge in [-0.15, -0.1) is 0 Å². The minimum Gasteiger partial charge on any atom is -0.459 e. The van der Waals surface area contributed by atoms with Crippen molar-refractivity contribution in [3.05, 3.63) is 0 Å². The summed E-state index contributed by atoms with van der Waals surface area (Å²) in [6, 6.07) is 0.353. The third kappa shape index (κ3) is 4.44. The molecule has 0 bridgehead atoms. The minimum absolute atomic E-state index is 0.193. The molecule has 0 atom stereocenters. The van der Waals surface area contributed by atoms with Crippen LogP contribution in [-0.4, -0.2) is 43.2 Å². The van der Waals surface area contributed by atoms with E-state index in [1.54, 1.807) is 0 Å². The lowest BCUT2D eigenvalue weighted by Crippen LogP contribution is -2.44. The summed E-state index contributed by atoms with van der Waals surface area (Å²) in [6.45, 7) is 7.32. The predicted octanol–water partition coefficient (Wildman–Crippen LogP) is 1.60. The number of nitrogens with one attached hydrogen (secondary N) is 1. The summed E-state index contributed by atoms with van der Waals surface area (Å²) in [4.78, 5) is 11.6. The van der Waals surface area contributed by atoms with E-state index in [1.807, 2.05) is 20.8 Å². The average Bonchev–Trinajstić information content (AvgIpc) is 2.75. The Hall–Kier alpha value is -0.650. The molecule has 5 nitrogen and oxygen atoms in total. The number of rotatable bonds is 3. The zero-order chi connectivity index (χ0) is 13.9. The molecule has 0 aromatic rings. The van der Waals surface area contributed by atoms with Crippen LogP contribution in [0.5, 0.6) is 0 Å². The fourth-order valence-corrected chi connectivity index (χ4v) is 2.65. The number of hydrogen-bond acceptors (Lipinski definition) is 5. The highest BCUT2D eigenvalue weighted by atomic mass is 16.7. The van der Waals surface area contributed by atoms with Crippen molar-refractivity contribution in [3.8, 4) is 0 Å². The molecule has 0 aromatic heterocycles. The molecule has 2 fully saturated rings. The van der Waals surface area contributed by atoms with Gasteiger partial charge in [-0.1, -0.05) is 0 Å². The van der Waals surface area contributed by atoms with Crippen molar-refractivity contribution in [2.75, 3.05) is 19.8 Å². The Morgan fingerprint density at radius 3 is 2.37 bits per heavy atom. The third-order valence-electron chi connectivity index (χ3n) is 3.52. The van der Waals surface area contributed by atoms with Gasteiger partial charge in [-0.25, -0.2) is 0 Å². The molecule has 2 aliphatic rings. The summed E-state index contributed by atoms with van der Waals surface area (Å²) < 4.78 is 16.6. The van der Waals surface area contributed by atoms with E-state index >= 15 is 0 Å². The van der Waals surface area contributed by atoms with Crippen molar-refractivity contribution in [2.24, 2.45) is 0 Å². The molecular formula is C14H25NO4. The molecule has 2 rings (SSSR count). The lowest BCUT2D eigenvalue weighted by atomic mass is 9.90. The van der Waals surface area contributed by atoms with Crippen LogP contribution in [0, 0.1) is 0 Å². The molecular weight excluding hydrogens is 246 g/mol. The molecule has 110 valence electrons. The van der Waals surface area contributed by atoms with Gasteiger partial charge in [0, 0.05) is 18.9 Å². The second kappa shape index (κ2) is 5.77. The van der Waals surface area contributed by atoms with E-state index in [0.29, 0.717) is 19.3 Å². The van der Waals surface area contributed by atoms with Crippen molar-refractivity contribution >= 4 is 5.97 Å². The van der Waals surface area contributed by atoms with E-state index in [0.717, 1.165) is 25.7 Å². The average molecular weight is 271 g/mol. The van der Waals surface area contributed by atoms with Crippen molar-refractivity contribution in [1.82, 2.24) is 5.32 Å². The second-order valence-electron chi connectivity index (χ2n) is 6.35. The summed E-state index contributed by atoms with van der Waals surface area (Å²) in [7, 11) is 0. The number of esters is 1. The molecule has 1 aliphatic carbocycles. The fourth-order valence-electron chi connectivity index (χ4n) is 2.65. The molecule has 5 heteroatoms. The first-order chi connectivity index (χ1) is 8.89. The summed E-state index contributed by atoms with van der Waals surface area (Å²) in [6.07, 6.45) is 3.75. The van der Waals surface area contributed by atoms with E-state index < -0.39 is 5.60 Å². The van der Waals surface area contributed by atoms with Crippen LogP contribution in [0.1, 0.15) is 46.5 Å². The number of carbonyl (C=O) groups is 1. The lowest BCUT2D eigenvalue weighted by Gasteiger charge is -2.35. The quantitative estimate of drug-likeness (QED) is 0.790. The maximum absolute atomic E-state index is 11.6. The zero-order valence-corrected chi connectivity index (χ0v) is 12.2. The maximum atomic E-state index is 11.6. The Labute approximate surface area is 115 Å². The highest BCUT2D eigenvalue weighted by Gasteiger charge is 2.40. The Morgan fingerprint density at radius 1 is 1.26 bits per heavy atom. The van der Waals surface area contributed by atoms with Gasteiger partial charge in [0.05, 0.1) is 19.8 Å². The van der Waals surface area contributed by atoms with Crippen molar-refractivity contribution in [1.29, 1.82) is 0 Å². The number of carbonyl (C=O) groups excluding carboxylic acids is 1. The van der Waals surface area contributed by atoms with Gasteiger partial charge in [-0.2, -0.15) is 0 Å². The van der Waals surface area contributed by atoms with E-state index in [4.69, 9.17) is 14.2 Å². The Bertz CT molecular complexity index is 308. The number of hydrogen-bond donors (Lipinski definition) is 1. The first-order valence-corrected chi connectivity index (χ1v) is 7.12. The predicted molar refractivity (Wildman–Crippen MR) is 70.7 cm³/mol. The Kier molecular flexibility index (Phi) is 4.48. The van der Waals surface area contributed by atoms with E-state index in [-0.39, 0.29) is 18.3 Å². The normalized spacial score (nSPS) is 23.7. The second-order valence-corrected chi connectivity index (χ2v) is 6.35. The summed E-state index contributed by atoms with van der Waals surface area (Å²) in [5, 5.41) is 3.26. The number of ether oxygens (including phenoxy) is 3. The Balaban J connectivity index is 1.67. The van der Waals surface area contributed by atoms with Crippen LogP contribution in [0.2, 0.25) is 0 Å². The van der Waals surface area contributed by atoms with Gasteiger partial charge < -0.3 is 19.5 Å². The van der Waals surface area contributed by atoms with Crippen LogP contribution in [0.15, 0.2) is 0 Å². The van der Waals surface area contributed by atoms with Gasteiger partial charge in [0.2, 0.25) is 0 Å². The largest absolute Gasteiger partial charge is 0.459 e. The molecule has 1 heterocycles. The van der Waals surface area contributed by atoms with Crippen LogP contribution in [0.3, 0.4) is 0 Å².